The quantitative estimate of drug-likeness (QED) is 0.359. The number of ether oxygens (including phenoxy) is 2. The summed E-state index contributed by atoms with van der Waals surface area (Å²) in [7, 11) is 0. The summed E-state index contributed by atoms with van der Waals surface area (Å²) in [6, 6.07) is 21.1. The van der Waals surface area contributed by atoms with Crippen molar-refractivity contribution in [3.05, 3.63) is 89.5 Å². The Morgan fingerprint density at radius 1 is 0.818 bits per heavy atom. The van der Waals surface area contributed by atoms with Gasteiger partial charge in [0.15, 0.2) is 0 Å². The van der Waals surface area contributed by atoms with Crippen molar-refractivity contribution in [3.63, 3.8) is 0 Å². The molecule has 0 aliphatic carbocycles. The van der Waals surface area contributed by atoms with Crippen molar-refractivity contribution in [3.8, 4) is 5.75 Å². The molecular formula is C26H26N2O5. The second kappa shape index (κ2) is 11.5. The zero-order valence-corrected chi connectivity index (χ0v) is 18.6. The van der Waals surface area contributed by atoms with Crippen LogP contribution in [0.4, 0.5) is 16.2 Å². The van der Waals surface area contributed by atoms with Crippen LogP contribution in [0.5, 0.6) is 5.75 Å². The molecule has 0 bridgehead atoms. The first-order valence-electron chi connectivity index (χ1n) is 10.7. The molecule has 0 atom stereocenters. The molecule has 2 amide bonds. The minimum atomic E-state index is -0.804. The van der Waals surface area contributed by atoms with Crippen LogP contribution in [0, 0.1) is 6.92 Å². The Bertz CT molecular complexity index is 1130. The maximum absolute atomic E-state index is 12.7. The molecule has 0 aliphatic rings. The molecule has 3 aromatic carbocycles. The monoisotopic (exact) mass is 446 g/mol. The number of carbonyl (C=O) groups is 3. The van der Waals surface area contributed by atoms with Crippen LogP contribution in [-0.4, -0.2) is 24.6 Å². The Labute approximate surface area is 192 Å². The summed E-state index contributed by atoms with van der Waals surface area (Å²) in [6.45, 7) is 3.91. The van der Waals surface area contributed by atoms with Gasteiger partial charge in [-0.2, -0.15) is 0 Å². The number of anilines is 2. The smallest absolute Gasteiger partial charge is 0.434 e. The van der Waals surface area contributed by atoms with Crippen LogP contribution in [-0.2, 0) is 16.0 Å². The molecule has 0 radical (unpaired) electrons. The Morgan fingerprint density at radius 3 is 2.12 bits per heavy atom. The first-order chi connectivity index (χ1) is 16.0. The highest BCUT2D eigenvalue weighted by Gasteiger charge is 2.12. The molecule has 3 aromatic rings. The molecule has 33 heavy (non-hydrogen) atoms. The molecule has 0 aliphatic heterocycles. The lowest BCUT2D eigenvalue weighted by Crippen LogP contribution is -2.17. The lowest BCUT2D eigenvalue weighted by molar-refractivity contribution is -0.116. The molecule has 0 fully saturated rings. The van der Waals surface area contributed by atoms with Gasteiger partial charge >= 0.3 is 6.16 Å². The molecule has 2 N–H and O–H groups in total. The van der Waals surface area contributed by atoms with E-state index in [1.165, 1.54) is 24.3 Å². The molecule has 170 valence electrons. The van der Waals surface area contributed by atoms with Crippen molar-refractivity contribution >= 4 is 29.3 Å². The number of hydrogen-bond donors (Lipinski definition) is 2. The topological polar surface area (TPSA) is 93.7 Å². The van der Waals surface area contributed by atoms with Gasteiger partial charge in [-0.15, -0.1) is 0 Å². The normalized spacial score (nSPS) is 10.2. The summed E-state index contributed by atoms with van der Waals surface area (Å²) in [5.41, 5.74) is 3.65. The minimum absolute atomic E-state index is 0.139. The van der Waals surface area contributed by atoms with Gasteiger partial charge in [-0.05, 0) is 67.8 Å². The Hall–Kier alpha value is -4.13. The summed E-state index contributed by atoms with van der Waals surface area (Å²) in [6.07, 6.45) is 0.157. The second-order valence-electron chi connectivity index (χ2n) is 7.28. The van der Waals surface area contributed by atoms with E-state index in [1.807, 2.05) is 31.2 Å². The molecule has 0 heterocycles. The van der Waals surface area contributed by atoms with E-state index < -0.39 is 6.16 Å². The van der Waals surface area contributed by atoms with E-state index in [9.17, 15) is 14.4 Å². The summed E-state index contributed by atoms with van der Waals surface area (Å²) < 4.78 is 9.71. The van der Waals surface area contributed by atoms with Gasteiger partial charge in [0.1, 0.15) is 5.75 Å². The molecule has 3 rings (SSSR count). The summed E-state index contributed by atoms with van der Waals surface area (Å²) in [4.78, 5) is 36.6. The Kier molecular flexibility index (Phi) is 8.18. The van der Waals surface area contributed by atoms with Crippen molar-refractivity contribution in [1.29, 1.82) is 0 Å². The molecule has 0 saturated carbocycles. The minimum Gasteiger partial charge on any atom is -0.434 e. The average Bonchev–Trinajstić information content (AvgIpc) is 2.80. The maximum Gasteiger partial charge on any atom is 0.513 e. The summed E-state index contributed by atoms with van der Waals surface area (Å²) >= 11 is 0. The zero-order chi connectivity index (χ0) is 23.6. The van der Waals surface area contributed by atoms with Gasteiger partial charge in [0, 0.05) is 12.0 Å². The lowest BCUT2D eigenvalue weighted by Gasteiger charge is -2.13. The first-order valence-corrected chi connectivity index (χ1v) is 10.7. The molecule has 0 aromatic heterocycles. The lowest BCUT2D eigenvalue weighted by atomic mass is 10.0. The third-order valence-electron chi connectivity index (χ3n) is 4.91. The van der Waals surface area contributed by atoms with E-state index in [2.05, 4.69) is 10.6 Å². The predicted octanol–water partition coefficient (Wildman–Crippen LogP) is 5.35. The standard InChI is InChI=1S/C26H26N2O5/c1-3-32-26(31)33-21-15-12-20(13-16-21)25(30)28-23-11-7-6-10-22(23)27-24(29)17-14-19-9-5-4-8-18(19)2/h4-13,15-16H,3,14,17H2,1-2H3,(H,27,29)(H,28,30). The van der Waals surface area contributed by atoms with Crippen LogP contribution in [0.15, 0.2) is 72.8 Å². The Balaban J connectivity index is 1.60. The van der Waals surface area contributed by atoms with Gasteiger partial charge in [-0.25, -0.2) is 4.79 Å². The van der Waals surface area contributed by atoms with Crippen molar-refractivity contribution in [1.82, 2.24) is 0 Å². The molecule has 0 saturated heterocycles. The summed E-state index contributed by atoms with van der Waals surface area (Å²) in [5.74, 6) is -0.231. The second-order valence-corrected chi connectivity index (χ2v) is 7.28. The van der Waals surface area contributed by atoms with E-state index in [1.54, 1.807) is 31.2 Å². The van der Waals surface area contributed by atoms with Crippen LogP contribution in [0.1, 0.15) is 34.8 Å². The fraction of sp³-hybridized carbons (Fsp3) is 0.192. The van der Waals surface area contributed by atoms with Crippen molar-refractivity contribution in [2.75, 3.05) is 17.2 Å². The van der Waals surface area contributed by atoms with E-state index in [0.29, 0.717) is 29.8 Å². The van der Waals surface area contributed by atoms with Crippen LogP contribution in [0.3, 0.4) is 0 Å². The third-order valence-corrected chi connectivity index (χ3v) is 4.91. The number of amides is 2. The van der Waals surface area contributed by atoms with Crippen molar-refractivity contribution < 1.29 is 23.9 Å². The molecule has 7 heteroatoms. The van der Waals surface area contributed by atoms with Gasteiger partial charge in [0.2, 0.25) is 5.91 Å². The largest absolute Gasteiger partial charge is 0.513 e. The fourth-order valence-corrected chi connectivity index (χ4v) is 3.16. The van der Waals surface area contributed by atoms with E-state index >= 15 is 0 Å². The van der Waals surface area contributed by atoms with Crippen molar-refractivity contribution in [2.45, 2.75) is 26.7 Å². The number of aryl methyl sites for hydroxylation is 2. The van der Waals surface area contributed by atoms with Gasteiger partial charge in [-0.1, -0.05) is 36.4 Å². The highest BCUT2D eigenvalue weighted by atomic mass is 16.7. The third kappa shape index (κ3) is 6.93. The molecular weight excluding hydrogens is 420 g/mol. The Morgan fingerprint density at radius 2 is 1.45 bits per heavy atom. The van der Waals surface area contributed by atoms with Gasteiger partial charge < -0.3 is 20.1 Å². The highest BCUT2D eigenvalue weighted by Crippen LogP contribution is 2.23. The van der Waals surface area contributed by atoms with Crippen LogP contribution in [0.2, 0.25) is 0 Å². The number of rotatable bonds is 8. The van der Waals surface area contributed by atoms with Crippen LogP contribution in [0.25, 0.3) is 0 Å². The van der Waals surface area contributed by atoms with Gasteiger partial charge in [0.25, 0.3) is 5.91 Å². The first kappa shape index (κ1) is 23.5. The number of para-hydroxylation sites is 2. The number of carbonyl (C=O) groups excluding carboxylic acids is 3. The number of nitrogens with one attached hydrogen (secondary N) is 2. The van der Waals surface area contributed by atoms with Gasteiger partial charge in [-0.3, -0.25) is 9.59 Å². The van der Waals surface area contributed by atoms with Crippen molar-refractivity contribution in [2.24, 2.45) is 0 Å². The molecule has 0 spiro atoms. The van der Waals surface area contributed by atoms with Gasteiger partial charge in [0.05, 0.1) is 18.0 Å². The van der Waals surface area contributed by atoms with E-state index in [0.717, 1.165) is 11.1 Å². The SMILES string of the molecule is CCOC(=O)Oc1ccc(C(=O)Nc2ccccc2NC(=O)CCc2ccccc2C)cc1. The highest BCUT2D eigenvalue weighted by molar-refractivity contribution is 6.07. The maximum atomic E-state index is 12.7. The summed E-state index contributed by atoms with van der Waals surface area (Å²) in [5, 5.41) is 5.68. The fourth-order valence-electron chi connectivity index (χ4n) is 3.16. The number of benzene rings is 3. The van der Waals surface area contributed by atoms with E-state index in [-0.39, 0.29) is 24.2 Å². The van der Waals surface area contributed by atoms with Crippen LogP contribution >= 0.6 is 0 Å². The molecule has 7 nitrogen and oxygen atoms in total. The zero-order valence-electron chi connectivity index (χ0n) is 18.6. The molecule has 0 unspecified atom stereocenters. The van der Waals surface area contributed by atoms with Crippen LogP contribution < -0.4 is 15.4 Å². The van der Waals surface area contributed by atoms with E-state index in [4.69, 9.17) is 9.47 Å². The predicted molar refractivity (Wildman–Crippen MR) is 127 cm³/mol. The average molecular weight is 447 g/mol. The number of hydrogen-bond acceptors (Lipinski definition) is 5.